The third-order valence-corrected chi connectivity index (χ3v) is 4.64. The first-order chi connectivity index (χ1) is 8.99. The normalized spacial score (nSPS) is 24.2. The minimum Gasteiger partial charge on any atom is -0.367 e. The lowest BCUT2D eigenvalue weighted by atomic mass is 9.89. The maximum absolute atomic E-state index is 4.31. The van der Waals surface area contributed by atoms with Crippen LogP contribution in [-0.4, -0.2) is 53.9 Å². The summed E-state index contributed by atoms with van der Waals surface area (Å²) in [6, 6.07) is 3.40. The predicted octanol–water partition coefficient (Wildman–Crippen LogP) is 2.63. The molecule has 2 rings (SSSR count). The Bertz CT molecular complexity index is 408. The second-order valence-electron chi connectivity index (χ2n) is 6.21. The molecule has 1 saturated carbocycles. The quantitative estimate of drug-likeness (QED) is 0.523. The molecule has 0 spiro atoms. The van der Waals surface area contributed by atoms with E-state index in [0.717, 1.165) is 21.4 Å². The van der Waals surface area contributed by atoms with E-state index in [4.69, 9.17) is 0 Å². The Labute approximate surface area is 120 Å². The summed E-state index contributed by atoms with van der Waals surface area (Å²) in [7, 11) is 6.90. The molecule has 0 unspecified atom stereocenters. The number of nitrogens with one attached hydrogen (secondary N) is 1. The Morgan fingerprint density at radius 3 is 2.42 bits per heavy atom. The summed E-state index contributed by atoms with van der Waals surface area (Å²) in [5.41, 5.74) is 0. The average molecular weight is 281 g/mol. The van der Waals surface area contributed by atoms with Crippen LogP contribution in [0.4, 0.5) is 5.82 Å². The molecule has 0 aliphatic heterocycles. The molecule has 0 saturated heterocycles. The predicted molar refractivity (Wildman–Crippen MR) is 81.5 cm³/mol. The maximum atomic E-state index is 4.31. The van der Waals surface area contributed by atoms with E-state index in [1.54, 1.807) is 18.1 Å². The summed E-state index contributed by atoms with van der Waals surface area (Å²) in [6.07, 6.45) is 8.74. The second-order valence-corrected chi connectivity index (χ2v) is 7.04. The van der Waals surface area contributed by atoms with Crippen molar-refractivity contribution in [2.75, 3.05) is 32.7 Å². The van der Waals surface area contributed by atoms with Gasteiger partial charge in [-0.1, -0.05) is 0 Å². The number of anilines is 1. The van der Waals surface area contributed by atoms with E-state index >= 15 is 0 Å². The second kappa shape index (κ2) is 6.09. The number of thioether (sulfide) groups is 1. The van der Waals surface area contributed by atoms with Crippen LogP contribution >= 0.6 is 11.8 Å². The number of hydrogen-bond acceptors (Lipinski definition) is 4. The zero-order valence-electron chi connectivity index (χ0n) is 12.4. The van der Waals surface area contributed by atoms with Crippen molar-refractivity contribution in [3.63, 3.8) is 0 Å². The highest BCUT2D eigenvalue weighted by molar-refractivity contribution is 7.98. The van der Waals surface area contributed by atoms with E-state index in [2.05, 4.69) is 36.4 Å². The van der Waals surface area contributed by atoms with Crippen LogP contribution in [-0.2, 0) is 0 Å². The maximum Gasteiger partial charge on any atom is 0.130 e. The molecular formula is C14H25N4S+. The van der Waals surface area contributed by atoms with Gasteiger partial charge in [0.1, 0.15) is 17.2 Å². The van der Waals surface area contributed by atoms with Gasteiger partial charge in [0.05, 0.1) is 27.2 Å². The fourth-order valence-electron chi connectivity index (χ4n) is 2.73. The molecule has 5 heteroatoms. The molecule has 0 bridgehead atoms. The number of quaternary nitrogens is 1. The average Bonchev–Trinajstić information content (AvgIpc) is 2.38. The van der Waals surface area contributed by atoms with Crippen molar-refractivity contribution in [2.45, 2.75) is 42.8 Å². The highest BCUT2D eigenvalue weighted by Gasteiger charge is 2.29. The molecule has 106 valence electrons. The molecular weight excluding hydrogens is 256 g/mol. The lowest BCUT2D eigenvalue weighted by Crippen LogP contribution is -2.48. The number of aromatic nitrogens is 2. The Kier molecular flexibility index (Phi) is 4.68. The standard InChI is InChI=1S/C14H25N4S/c1-18(2,3)12-7-5-11(6-8-12)17-13-9-14(19-4)16-10-15-13/h9-12H,5-8H2,1-4H3,(H,15,16,17)/q+1. The topological polar surface area (TPSA) is 37.8 Å². The van der Waals surface area contributed by atoms with Gasteiger partial charge in [0, 0.05) is 24.9 Å². The van der Waals surface area contributed by atoms with Gasteiger partial charge in [-0.25, -0.2) is 9.97 Å². The van der Waals surface area contributed by atoms with Gasteiger partial charge in [-0.15, -0.1) is 11.8 Å². The van der Waals surface area contributed by atoms with Crippen LogP contribution in [0.3, 0.4) is 0 Å². The summed E-state index contributed by atoms with van der Waals surface area (Å²) in [6.45, 7) is 0. The van der Waals surface area contributed by atoms with Crippen LogP contribution in [0.15, 0.2) is 17.4 Å². The molecule has 1 heterocycles. The van der Waals surface area contributed by atoms with Crippen molar-refractivity contribution < 1.29 is 4.48 Å². The minimum absolute atomic E-state index is 0.562. The Balaban J connectivity index is 1.88. The third kappa shape index (κ3) is 4.08. The molecule has 0 radical (unpaired) electrons. The van der Waals surface area contributed by atoms with Gasteiger partial charge >= 0.3 is 0 Å². The lowest BCUT2D eigenvalue weighted by molar-refractivity contribution is -0.897. The van der Waals surface area contributed by atoms with Crippen molar-refractivity contribution in [3.05, 3.63) is 12.4 Å². The highest BCUT2D eigenvalue weighted by Crippen LogP contribution is 2.27. The molecule has 1 aromatic rings. The summed E-state index contributed by atoms with van der Waals surface area (Å²) >= 11 is 1.66. The number of hydrogen-bond donors (Lipinski definition) is 1. The Morgan fingerprint density at radius 1 is 1.16 bits per heavy atom. The van der Waals surface area contributed by atoms with Crippen molar-refractivity contribution in [2.24, 2.45) is 0 Å². The molecule has 4 nitrogen and oxygen atoms in total. The molecule has 0 aromatic carbocycles. The van der Waals surface area contributed by atoms with Crippen LogP contribution < -0.4 is 5.32 Å². The van der Waals surface area contributed by atoms with Gasteiger partial charge in [0.25, 0.3) is 0 Å². The van der Waals surface area contributed by atoms with Crippen LogP contribution in [0, 0.1) is 0 Å². The summed E-state index contributed by atoms with van der Waals surface area (Å²) in [4.78, 5) is 8.51. The zero-order chi connectivity index (χ0) is 13.9. The van der Waals surface area contributed by atoms with E-state index in [-0.39, 0.29) is 0 Å². The van der Waals surface area contributed by atoms with Crippen LogP contribution in [0.5, 0.6) is 0 Å². The van der Waals surface area contributed by atoms with Crippen molar-refractivity contribution in [3.8, 4) is 0 Å². The first-order valence-corrected chi connectivity index (χ1v) is 8.15. The SMILES string of the molecule is CSc1cc(NC2CCC([N+](C)(C)C)CC2)ncn1. The summed E-state index contributed by atoms with van der Waals surface area (Å²) in [5, 5.41) is 4.58. The monoisotopic (exact) mass is 281 g/mol. The summed E-state index contributed by atoms with van der Waals surface area (Å²) in [5.74, 6) is 0.966. The zero-order valence-corrected chi connectivity index (χ0v) is 13.2. The first-order valence-electron chi connectivity index (χ1n) is 6.92. The molecule has 19 heavy (non-hydrogen) atoms. The fraction of sp³-hybridized carbons (Fsp3) is 0.714. The lowest BCUT2D eigenvalue weighted by Gasteiger charge is -2.39. The van der Waals surface area contributed by atoms with Crippen LogP contribution in [0.25, 0.3) is 0 Å². The molecule has 1 N–H and O–H groups in total. The third-order valence-electron chi connectivity index (χ3n) is 4.00. The van der Waals surface area contributed by atoms with Gasteiger partial charge in [-0.2, -0.15) is 0 Å². The van der Waals surface area contributed by atoms with E-state index in [1.807, 2.05) is 12.3 Å². The minimum atomic E-state index is 0.562. The molecule has 1 aliphatic carbocycles. The molecule has 1 aromatic heterocycles. The Hall–Kier alpha value is -0.810. The first kappa shape index (κ1) is 14.6. The van der Waals surface area contributed by atoms with Crippen LogP contribution in [0.2, 0.25) is 0 Å². The molecule has 0 atom stereocenters. The highest BCUT2D eigenvalue weighted by atomic mass is 32.2. The van der Waals surface area contributed by atoms with Crippen molar-refractivity contribution >= 4 is 17.6 Å². The van der Waals surface area contributed by atoms with E-state index in [9.17, 15) is 0 Å². The smallest absolute Gasteiger partial charge is 0.130 e. The van der Waals surface area contributed by atoms with Gasteiger partial charge in [0.15, 0.2) is 0 Å². The molecule has 1 fully saturated rings. The largest absolute Gasteiger partial charge is 0.367 e. The van der Waals surface area contributed by atoms with Gasteiger partial charge < -0.3 is 9.80 Å². The number of nitrogens with zero attached hydrogens (tertiary/aromatic N) is 3. The van der Waals surface area contributed by atoms with Crippen molar-refractivity contribution in [1.82, 2.24) is 9.97 Å². The van der Waals surface area contributed by atoms with Gasteiger partial charge in [-0.3, -0.25) is 0 Å². The molecule has 0 amide bonds. The van der Waals surface area contributed by atoms with Gasteiger partial charge in [-0.05, 0) is 19.1 Å². The van der Waals surface area contributed by atoms with Crippen molar-refractivity contribution in [1.29, 1.82) is 0 Å². The fourth-order valence-corrected chi connectivity index (χ4v) is 3.12. The summed E-state index contributed by atoms with van der Waals surface area (Å²) < 4.78 is 1.08. The van der Waals surface area contributed by atoms with E-state index in [1.165, 1.54) is 25.7 Å². The molecule has 1 aliphatic rings. The van der Waals surface area contributed by atoms with Crippen LogP contribution in [0.1, 0.15) is 25.7 Å². The van der Waals surface area contributed by atoms with Gasteiger partial charge in [0.2, 0.25) is 0 Å². The van der Waals surface area contributed by atoms with E-state index < -0.39 is 0 Å². The number of rotatable bonds is 4. The van der Waals surface area contributed by atoms with E-state index in [0.29, 0.717) is 6.04 Å². The Morgan fingerprint density at radius 2 is 1.84 bits per heavy atom.